The van der Waals surface area contributed by atoms with E-state index in [4.69, 9.17) is 0 Å². The van der Waals surface area contributed by atoms with Crippen LogP contribution in [0, 0.1) is 4.91 Å². The fraction of sp³-hybridized carbons (Fsp3) is 0.273. The van der Waals surface area contributed by atoms with Crippen LogP contribution in [0.3, 0.4) is 0 Å². The number of aliphatic imine (C=N–C) groups is 1. The maximum Gasteiger partial charge on any atom is 0.206 e. The summed E-state index contributed by atoms with van der Waals surface area (Å²) < 4.78 is 1.79. The first-order chi connectivity index (χ1) is 9.30. The molecule has 8 nitrogen and oxygen atoms in total. The quantitative estimate of drug-likeness (QED) is 0.694. The third-order valence-corrected chi connectivity index (χ3v) is 2.90. The lowest BCUT2D eigenvalue weighted by atomic mass is 10.2. The van der Waals surface area contributed by atoms with Gasteiger partial charge in [0.25, 0.3) is 0 Å². The first-order valence-electron chi connectivity index (χ1n) is 5.95. The molecule has 1 aromatic heterocycles. The van der Waals surface area contributed by atoms with E-state index in [0.29, 0.717) is 5.96 Å². The van der Waals surface area contributed by atoms with Gasteiger partial charge in [0.2, 0.25) is 11.8 Å². The molecule has 98 valence electrons. The molecule has 3 N–H and O–H groups in total. The van der Waals surface area contributed by atoms with E-state index >= 15 is 0 Å². The smallest absolute Gasteiger partial charge is 0.206 e. The van der Waals surface area contributed by atoms with Crippen LogP contribution in [0.4, 0.5) is 5.69 Å². The molecule has 0 fully saturated rings. The van der Waals surface area contributed by atoms with Gasteiger partial charge in [-0.25, -0.2) is 0 Å². The molecule has 0 saturated carbocycles. The molecule has 0 saturated heterocycles. The summed E-state index contributed by atoms with van der Waals surface area (Å²) in [6, 6.07) is 0. The standard InChI is InChI=1S/C11H13N7O/c1-2-18-6-7(5-13-18)14-11-15-9-8(3-4-12-9)10(16-11)17-19/h3-6,9,12H,2H2,1H3,(H2,14,15,16). The van der Waals surface area contributed by atoms with Crippen LogP contribution in [0.25, 0.3) is 0 Å². The molecule has 0 aliphatic carbocycles. The van der Waals surface area contributed by atoms with Crippen LogP contribution in [-0.4, -0.2) is 21.9 Å². The second kappa shape index (κ2) is 4.56. The minimum absolute atomic E-state index is 0.172. The lowest BCUT2D eigenvalue weighted by Crippen LogP contribution is -2.47. The lowest BCUT2D eigenvalue weighted by Gasteiger charge is -2.22. The van der Waals surface area contributed by atoms with Crippen LogP contribution in [0.1, 0.15) is 6.92 Å². The SMILES string of the molecule is CCn1cc(NC2=NC(N=O)=C3C=CNC3N2)cn1. The van der Waals surface area contributed by atoms with E-state index < -0.39 is 0 Å². The van der Waals surface area contributed by atoms with Crippen molar-refractivity contribution in [2.24, 2.45) is 10.2 Å². The van der Waals surface area contributed by atoms with Gasteiger partial charge in [0.1, 0.15) is 6.17 Å². The fourth-order valence-electron chi connectivity index (χ4n) is 1.96. The third kappa shape index (κ3) is 2.07. The predicted molar refractivity (Wildman–Crippen MR) is 71.0 cm³/mol. The Morgan fingerprint density at radius 1 is 1.58 bits per heavy atom. The Bertz CT molecular complexity index is 598. The molecule has 1 unspecified atom stereocenters. The summed E-state index contributed by atoms with van der Waals surface area (Å²) in [7, 11) is 0. The molecule has 1 atom stereocenters. The Kier molecular flexibility index (Phi) is 2.75. The van der Waals surface area contributed by atoms with Crippen LogP contribution in [0.5, 0.6) is 0 Å². The summed E-state index contributed by atoms with van der Waals surface area (Å²) >= 11 is 0. The molecular weight excluding hydrogens is 246 g/mol. The van der Waals surface area contributed by atoms with Crippen molar-refractivity contribution in [2.45, 2.75) is 19.6 Å². The highest BCUT2D eigenvalue weighted by Crippen LogP contribution is 2.20. The highest BCUT2D eigenvalue weighted by atomic mass is 16.3. The van der Waals surface area contributed by atoms with Crippen LogP contribution < -0.4 is 16.0 Å². The molecular formula is C11H13N7O. The van der Waals surface area contributed by atoms with E-state index in [1.807, 2.05) is 13.1 Å². The van der Waals surface area contributed by atoms with Crippen molar-refractivity contribution in [3.63, 3.8) is 0 Å². The monoisotopic (exact) mass is 259 g/mol. The minimum Gasteiger partial charge on any atom is -0.367 e. The number of hydrogen-bond acceptors (Lipinski definition) is 7. The van der Waals surface area contributed by atoms with E-state index in [1.54, 1.807) is 23.2 Å². The summed E-state index contributed by atoms with van der Waals surface area (Å²) in [5.41, 5.74) is 1.54. The summed E-state index contributed by atoms with van der Waals surface area (Å²) in [5.74, 6) is 0.644. The highest BCUT2D eigenvalue weighted by molar-refractivity contribution is 5.95. The van der Waals surface area contributed by atoms with E-state index in [0.717, 1.165) is 17.8 Å². The zero-order chi connectivity index (χ0) is 13.2. The van der Waals surface area contributed by atoms with Crippen molar-refractivity contribution in [1.82, 2.24) is 20.4 Å². The Hall–Kier alpha value is -2.64. The van der Waals surface area contributed by atoms with Crippen molar-refractivity contribution in [3.8, 4) is 0 Å². The fourth-order valence-corrected chi connectivity index (χ4v) is 1.96. The van der Waals surface area contributed by atoms with Crippen LogP contribution in [0.2, 0.25) is 0 Å². The van der Waals surface area contributed by atoms with Gasteiger partial charge in [-0.1, -0.05) is 0 Å². The largest absolute Gasteiger partial charge is 0.367 e. The van der Waals surface area contributed by atoms with E-state index in [2.05, 4.69) is 31.2 Å². The molecule has 0 amide bonds. The maximum absolute atomic E-state index is 10.8. The Morgan fingerprint density at radius 2 is 2.47 bits per heavy atom. The second-order valence-electron chi connectivity index (χ2n) is 4.12. The van der Waals surface area contributed by atoms with Gasteiger partial charge in [-0.2, -0.15) is 10.1 Å². The molecule has 19 heavy (non-hydrogen) atoms. The first kappa shape index (κ1) is 11.5. The van der Waals surface area contributed by atoms with Crippen LogP contribution >= 0.6 is 0 Å². The number of guanidine groups is 1. The Labute approximate surface area is 109 Å². The zero-order valence-electron chi connectivity index (χ0n) is 10.3. The van der Waals surface area contributed by atoms with Gasteiger partial charge in [0.05, 0.1) is 11.9 Å². The van der Waals surface area contributed by atoms with Crippen LogP contribution in [0.15, 0.2) is 46.2 Å². The molecule has 0 bridgehead atoms. The molecule has 0 spiro atoms. The molecule has 3 rings (SSSR count). The third-order valence-electron chi connectivity index (χ3n) is 2.90. The minimum atomic E-state index is -0.172. The Balaban J connectivity index is 1.82. The molecule has 8 heteroatoms. The van der Waals surface area contributed by atoms with Gasteiger partial charge < -0.3 is 16.0 Å². The highest BCUT2D eigenvalue weighted by Gasteiger charge is 2.26. The van der Waals surface area contributed by atoms with Crippen molar-refractivity contribution in [2.75, 3.05) is 5.32 Å². The molecule has 2 aliphatic rings. The molecule has 0 radical (unpaired) electrons. The average Bonchev–Trinajstić information content (AvgIpc) is 3.06. The second-order valence-corrected chi connectivity index (χ2v) is 4.12. The number of anilines is 1. The molecule has 2 aliphatic heterocycles. The number of rotatable bonds is 3. The van der Waals surface area contributed by atoms with Gasteiger partial charge in [-0.15, -0.1) is 4.91 Å². The van der Waals surface area contributed by atoms with E-state index in [9.17, 15) is 4.91 Å². The van der Waals surface area contributed by atoms with Crippen molar-refractivity contribution < 1.29 is 0 Å². The number of nitrogens with one attached hydrogen (secondary N) is 3. The zero-order valence-corrected chi connectivity index (χ0v) is 10.3. The molecule has 0 aromatic carbocycles. The van der Waals surface area contributed by atoms with Crippen molar-refractivity contribution in [3.05, 3.63) is 41.0 Å². The topological polar surface area (TPSA) is 95.7 Å². The summed E-state index contributed by atoms with van der Waals surface area (Å²) in [6.45, 7) is 2.80. The number of nitroso groups, excluding NO2 is 1. The van der Waals surface area contributed by atoms with Gasteiger partial charge in [-0.3, -0.25) is 4.68 Å². The number of aryl methyl sites for hydroxylation is 1. The number of aromatic nitrogens is 2. The lowest BCUT2D eigenvalue weighted by molar-refractivity contribution is 0.644. The Morgan fingerprint density at radius 3 is 3.21 bits per heavy atom. The van der Waals surface area contributed by atoms with Crippen molar-refractivity contribution in [1.29, 1.82) is 0 Å². The predicted octanol–water partition coefficient (Wildman–Crippen LogP) is 0.695. The van der Waals surface area contributed by atoms with Gasteiger partial charge in [0.15, 0.2) is 0 Å². The van der Waals surface area contributed by atoms with Gasteiger partial charge >= 0.3 is 0 Å². The number of fused-ring (bicyclic) bond motifs is 1. The molecule has 3 heterocycles. The van der Waals surface area contributed by atoms with Crippen LogP contribution in [-0.2, 0) is 6.54 Å². The van der Waals surface area contributed by atoms with E-state index in [1.165, 1.54) is 0 Å². The molecule has 1 aromatic rings. The summed E-state index contributed by atoms with van der Waals surface area (Å²) in [6.07, 6.45) is 6.92. The first-order valence-corrected chi connectivity index (χ1v) is 5.95. The van der Waals surface area contributed by atoms with Gasteiger partial charge in [-0.05, 0) is 24.4 Å². The summed E-state index contributed by atoms with van der Waals surface area (Å²) in [5, 5.41) is 16.4. The average molecular weight is 259 g/mol. The number of nitrogens with zero attached hydrogens (tertiary/aromatic N) is 4. The van der Waals surface area contributed by atoms with E-state index in [-0.39, 0.29) is 12.0 Å². The van der Waals surface area contributed by atoms with Crippen molar-refractivity contribution >= 4 is 11.6 Å². The normalized spacial score (nSPS) is 20.5. The van der Waals surface area contributed by atoms with Gasteiger partial charge in [0, 0.05) is 18.3 Å². The number of hydrogen-bond donors (Lipinski definition) is 3. The summed E-state index contributed by atoms with van der Waals surface area (Å²) in [4.78, 5) is 14.9. The maximum atomic E-state index is 10.8.